The van der Waals surface area contributed by atoms with Gasteiger partial charge in [-0.3, -0.25) is 4.79 Å². The van der Waals surface area contributed by atoms with Crippen molar-refractivity contribution in [3.05, 3.63) is 35.9 Å². The largest absolute Gasteiger partial charge is 0.481 e. The van der Waals surface area contributed by atoms with E-state index in [0.717, 1.165) is 12.8 Å². The summed E-state index contributed by atoms with van der Waals surface area (Å²) in [5, 5.41) is 20.7. The fourth-order valence-electron chi connectivity index (χ4n) is 2.79. The van der Waals surface area contributed by atoms with E-state index >= 15 is 0 Å². The second-order valence-corrected chi connectivity index (χ2v) is 5.92. The van der Waals surface area contributed by atoms with Gasteiger partial charge in [-0.1, -0.05) is 63.9 Å². The third-order valence-electron chi connectivity index (χ3n) is 3.71. The highest BCUT2D eigenvalue weighted by molar-refractivity contribution is 5.72. The van der Waals surface area contributed by atoms with Crippen molar-refractivity contribution < 1.29 is 15.0 Å². The molecular weight excluding hydrogens is 252 g/mol. The number of aliphatic hydroxyl groups is 1. The van der Waals surface area contributed by atoms with Crippen LogP contribution < -0.4 is 0 Å². The van der Waals surface area contributed by atoms with E-state index in [2.05, 4.69) is 0 Å². The van der Waals surface area contributed by atoms with Crippen LogP contribution in [0.1, 0.15) is 52.0 Å². The van der Waals surface area contributed by atoms with E-state index in [1.54, 1.807) is 0 Å². The molecule has 0 aromatic heterocycles. The minimum atomic E-state index is -1.30. The molecule has 0 heterocycles. The highest BCUT2D eigenvalue weighted by Gasteiger charge is 2.42. The van der Waals surface area contributed by atoms with Crippen molar-refractivity contribution in [1.82, 2.24) is 0 Å². The van der Waals surface area contributed by atoms with Gasteiger partial charge in [-0.05, 0) is 24.3 Å². The lowest BCUT2D eigenvalue weighted by Crippen LogP contribution is -2.41. The molecule has 0 spiro atoms. The predicted molar refractivity (Wildman–Crippen MR) is 80.4 cm³/mol. The number of hydrogen-bond acceptors (Lipinski definition) is 2. The fraction of sp³-hybridized carbons (Fsp3) is 0.588. The SMILES string of the molecule is CCCCC(C(=O)O)C(O)(CC(C)C)c1ccccc1. The van der Waals surface area contributed by atoms with Gasteiger partial charge in [-0.15, -0.1) is 0 Å². The molecule has 3 heteroatoms. The smallest absolute Gasteiger partial charge is 0.309 e. The van der Waals surface area contributed by atoms with Gasteiger partial charge in [0.2, 0.25) is 0 Å². The molecule has 1 aromatic rings. The molecule has 0 bridgehead atoms. The lowest BCUT2D eigenvalue weighted by molar-refractivity contribution is -0.155. The van der Waals surface area contributed by atoms with Crippen LogP contribution in [0.2, 0.25) is 0 Å². The number of hydrogen-bond donors (Lipinski definition) is 2. The number of carboxylic acid groups (broad SMARTS) is 1. The summed E-state index contributed by atoms with van der Waals surface area (Å²) in [6.45, 7) is 6.04. The van der Waals surface area contributed by atoms with E-state index in [0.29, 0.717) is 18.4 Å². The van der Waals surface area contributed by atoms with Crippen LogP contribution in [0, 0.1) is 11.8 Å². The van der Waals surface area contributed by atoms with E-state index in [1.165, 1.54) is 0 Å². The van der Waals surface area contributed by atoms with Crippen LogP contribution in [0.4, 0.5) is 0 Å². The maximum absolute atomic E-state index is 11.6. The van der Waals surface area contributed by atoms with Gasteiger partial charge in [0.25, 0.3) is 0 Å². The average molecular weight is 278 g/mol. The molecule has 0 aliphatic carbocycles. The van der Waals surface area contributed by atoms with E-state index < -0.39 is 17.5 Å². The molecule has 2 unspecified atom stereocenters. The van der Waals surface area contributed by atoms with Crippen LogP contribution in [0.5, 0.6) is 0 Å². The van der Waals surface area contributed by atoms with E-state index in [4.69, 9.17) is 0 Å². The van der Waals surface area contributed by atoms with Crippen LogP contribution >= 0.6 is 0 Å². The Labute approximate surface area is 121 Å². The molecule has 3 nitrogen and oxygen atoms in total. The summed E-state index contributed by atoms with van der Waals surface area (Å²) in [4.78, 5) is 11.6. The number of unbranched alkanes of at least 4 members (excludes halogenated alkanes) is 1. The van der Waals surface area contributed by atoms with Crippen molar-refractivity contribution in [2.75, 3.05) is 0 Å². The van der Waals surface area contributed by atoms with Gasteiger partial charge in [0.05, 0.1) is 5.92 Å². The zero-order valence-electron chi connectivity index (χ0n) is 12.7. The van der Waals surface area contributed by atoms with Crippen LogP contribution in [0.25, 0.3) is 0 Å². The van der Waals surface area contributed by atoms with E-state index in [1.807, 2.05) is 51.1 Å². The maximum atomic E-state index is 11.6. The molecule has 0 aliphatic heterocycles. The summed E-state index contributed by atoms with van der Waals surface area (Å²) in [5.41, 5.74) is -0.589. The molecule has 0 amide bonds. The Balaban J connectivity index is 3.17. The topological polar surface area (TPSA) is 57.5 Å². The second kappa shape index (κ2) is 7.44. The summed E-state index contributed by atoms with van der Waals surface area (Å²) < 4.78 is 0. The Hall–Kier alpha value is -1.35. The second-order valence-electron chi connectivity index (χ2n) is 5.92. The minimum absolute atomic E-state index is 0.226. The molecule has 0 fully saturated rings. The summed E-state index contributed by atoms with van der Waals surface area (Å²) in [7, 11) is 0. The molecular formula is C17H26O3. The Bertz CT molecular complexity index is 414. The van der Waals surface area contributed by atoms with E-state index in [9.17, 15) is 15.0 Å². The summed E-state index contributed by atoms with van der Waals surface area (Å²) in [5.74, 6) is -1.44. The zero-order chi connectivity index (χ0) is 15.2. The lowest BCUT2D eigenvalue weighted by atomic mass is 9.74. The van der Waals surface area contributed by atoms with Crippen LogP contribution in [0.15, 0.2) is 30.3 Å². The molecule has 0 aliphatic rings. The van der Waals surface area contributed by atoms with Crippen molar-refractivity contribution in [3.63, 3.8) is 0 Å². The van der Waals surface area contributed by atoms with Gasteiger partial charge in [0.15, 0.2) is 0 Å². The average Bonchev–Trinajstić information content (AvgIpc) is 2.39. The van der Waals surface area contributed by atoms with Crippen LogP contribution in [0.3, 0.4) is 0 Å². The van der Waals surface area contributed by atoms with Gasteiger partial charge in [-0.2, -0.15) is 0 Å². The van der Waals surface area contributed by atoms with Gasteiger partial charge < -0.3 is 10.2 Å². The predicted octanol–water partition coefficient (Wildman–Crippen LogP) is 3.81. The third-order valence-corrected chi connectivity index (χ3v) is 3.71. The Morgan fingerprint density at radius 3 is 2.30 bits per heavy atom. The number of rotatable bonds is 8. The Morgan fingerprint density at radius 2 is 1.85 bits per heavy atom. The monoisotopic (exact) mass is 278 g/mol. The standard InChI is InChI=1S/C17H26O3/c1-4-5-11-15(16(18)19)17(20,12-13(2)3)14-9-7-6-8-10-14/h6-10,13,15,20H,4-5,11-12H2,1-3H3,(H,18,19). The number of carbonyl (C=O) groups is 1. The van der Waals surface area contributed by atoms with Gasteiger partial charge in [0, 0.05) is 0 Å². The van der Waals surface area contributed by atoms with Crippen molar-refractivity contribution in [2.45, 2.75) is 52.1 Å². The first-order chi connectivity index (χ1) is 9.41. The van der Waals surface area contributed by atoms with Crippen LogP contribution in [-0.2, 0) is 10.4 Å². The summed E-state index contributed by atoms with van der Waals surface area (Å²) >= 11 is 0. The van der Waals surface area contributed by atoms with E-state index in [-0.39, 0.29) is 5.92 Å². The maximum Gasteiger partial charge on any atom is 0.309 e. The Kier molecular flexibility index (Phi) is 6.21. The number of carboxylic acids is 1. The molecule has 2 atom stereocenters. The van der Waals surface area contributed by atoms with Crippen molar-refractivity contribution in [1.29, 1.82) is 0 Å². The quantitative estimate of drug-likeness (QED) is 0.760. The lowest BCUT2D eigenvalue weighted by Gasteiger charge is -2.36. The first-order valence-electron chi connectivity index (χ1n) is 7.42. The highest BCUT2D eigenvalue weighted by Crippen LogP contribution is 2.38. The van der Waals surface area contributed by atoms with Crippen molar-refractivity contribution in [3.8, 4) is 0 Å². The van der Waals surface area contributed by atoms with Crippen LogP contribution in [-0.4, -0.2) is 16.2 Å². The van der Waals surface area contributed by atoms with Gasteiger partial charge in [-0.25, -0.2) is 0 Å². The molecule has 0 saturated carbocycles. The molecule has 1 rings (SSSR count). The molecule has 112 valence electrons. The molecule has 1 aromatic carbocycles. The molecule has 2 N–H and O–H groups in total. The zero-order valence-corrected chi connectivity index (χ0v) is 12.7. The number of benzene rings is 1. The Morgan fingerprint density at radius 1 is 1.25 bits per heavy atom. The number of aliphatic carboxylic acids is 1. The fourth-order valence-corrected chi connectivity index (χ4v) is 2.79. The minimum Gasteiger partial charge on any atom is -0.481 e. The molecule has 0 saturated heterocycles. The first kappa shape index (κ1) is 16.7. The van der Waals surface area contributed by atoms with Crippen molar-refractivity contribution in [2.24, 2.45) is 11.8 Å². The third kappa shape index (κ3) is 4.07. The van der Waals surface area contributed by atoms with Gasteiger partial charge >= 0.3 is 5.97 Å². The highest BCUT2D eigenvalue weighted by atomic mass is 16.4. The molecule has 0 radical (unpaired) electrons. The summed E-state index contributed by atoms with van der Waals surface area (Å²) in [6.07, 6.45) is 2.70. The first-order valence-corrected chi connectivity index (χ1v) is 7.42. The summed E-state index contributed by atoms with van der Waals surface area (Å²) in [6, 6.07) is 9.22. The van der Waals surface area contributed by atoms with Crippen molar-refractivity contribution >= 4 is 5.97 Å². The normalized spacial score (nSPS) is 15.8. The molecule has 20 heavy (non-hydrogen) atoms. The van der Waals surface area contributed by atoms with Gasteiger partial charge in [0.1, 0.15) is 5.60 Å².